The van der Waals surface area contributed by atoms with Crippen molar-refractivity contribution in [3.8, 4) is 17.1 Å². The molecule has 2 aromatic rings. The molecule has 1 heterocycles. The number of hydrogen-bond acceptors (Lipinski definition) is 3. The van der Waals surface area contributed by atoms with Gasteiger partial charge in [0.25, 0.3) is 0 Å². The quantitative estimate of drug-likeness (QED) is 0.780. The fourth-order valence-corrected chi connectivity index (χ4v) is 1.89. The lowest BCUT2D eigenvalue weighted by molar-refractivity contribution is -0.274. The van der Waals surface area contributed by atoms with E-state index in [1.165, 1.54) is 18.2 Å². The van der Waals surface area contributed by atoms with Gasteiger partial charge in [-0.1, -0.05) is 0 Å². The van der Waals surface area contributed by atoms with Crippen molar-refractivity contribution < 1.29 is 27.1 Å². The Morgan fingerprint density at radius 1 is 1.21 bits per heavy atom. The summed E-state index contributed by atoms with van der Waals surface area (Å²) in [5.41, 5.74) is 0.523. The van der Waals surface area contributed by atoms with E-state index >= 15 is 0 Å². The van der Waals surface area contributed by atoms with E-state index in [4.69, 9.17) is 4.42 Å². The molecule has 0 atom stereocenters. The zero-order valence-corrected chi connectivity index (χ0v) is 10.8. The van der Waals surface area contributed by atoms with Gasteiger partial charge in [-0.2, -0.15) is 0 Å². The molecule has 0 spiro atoms. The summed E-state index contributed by atoms with van der Waals surface area (Å²) in [6.07, 6.45) is -4.21. The molecule has 0 aliphatic rings. The SMILES string of the molecule is O=Cc1ccc(-c2ccc(OC(F)(F)F)c(Br)c2)o1. The molecule has 0 fully saturated rings. The molecule has 0 unspecified atom stereocenters. The normalized spacial score (nSPS) is 11.4. The predicted octanol–water partition coefficient (Wildman–Crippen LogP) is 4.42. The third kappa shape index (κ3) is 3.37. The molecule has 19 heavy (non-hydrogen) atoms. The Bertz CT molecular complexity index is 605. The first-order chi connectivity index (χ1) is 8.89. The Balaban J connectivity index is 2.30. The van der Waals surface area contributed by atoms with Gasteiger partial charge in [-0.15, -0.1) is 13.2 Å². The average molecular weight is 335 g/mol. The van der Waals surface area contributed by atoms with Gasteiger partial charge in [0.1, 0.15) is 11.5 Å². The number of carbonyl (C=O) groups excluding carboxylic acids is 1. The first-order valence-electron chi connectivity index (χ1n) is 5.00. The van der Waals surface area contributed by atoms with E-state index in [1.54, 1.807) is 6.07 Å². The predicted molar refractivity (Wildman–Crippen MR) is 63.9 cm³/mol. The van der Waals surface area contributed by atoms with Crippen LogP contribution in [-0.4, -0.2) is 12.6 Å². The van der Waals surface area contributed by atoms with E-state index in [-0.39, 0.29) is 16.0 Å². The van der Waals surface area contributed by atoms with Crippen LogP contribution in [0.15, 0.2) is 39.2 Å². The number of furan rings is 1. The molecule has 0 bridgehead atoms. The Morgan fingerprint density at radius 2 is 1.95 bits per heavy atom. The maximum absolute atomic E-state index is 12.1. The number of carbonyl (C=O) groups is 1. The number of benzene rings is 1. The van der Waals surface area contributed by atoms with Crippen molar-refractivity contribution in [2.24, 2.45) is 0 Å². The molecule has 7 heteroatoms. The number of hydrogen-bond donors (Lipinski definition) is 0. The molecule has 2 rings (SSSR count). The zero-order chi connectivity index (χ0) is 14.0. The molecule has 100 valence electrons. The molecule has 0 radical (unpaired) electrons. The van der Waals surface area contributed by atoms with Crippen molar-refractivity contribution in [3.63, 3.8) is 0 Å². The van der Waals surface area contributed by atoms with Crippen LogP contribution in [0.4, 0.5) is 13.2 Å². The van der Waals surface area contributed by atoms with Gasteiger partial charge in [-0.25, -0.2) is 0 Å². The average Bonchev–Trinajstić information content (AvgIpc) is 2.79. The molecule has 0 aliphatic heterocycles. The van der Waals surface area contributed by atoms with Gasteiger partial charge in [0.05, 0.1) is 4.47 Å². The van der Waals surface area contributed by atoms with Crippen LogP contribution in [0.5, 0.6) is 5.75 Å². The molecule has 1 aromatic carbocycles. The van der Waals surface area contributed by atoms with E-state index in [0.717, 1.165) is 6.07 Å². The number of halogens is 4. The van der Waals surface area contributed by atoms with Crippen LogP contribution in [0, 0.1) is 0 Å². The van der Waals surface area contributed by atoms with Gasteiger partial charge in [0.2, 0.25) is 0 Å². The smallest absolute Gasteiger partial charge is 0.453 e. The van der Waals surface area contributed by atoms with E-state index in [9.17, 15) is 18.0 Å². The minimum atomic E-state index is -4.75. The highest BCUT2D eigenvalue weighted by molar-refractivity contribution is 9.10. The van der Waals surface area contributed by atoms with Crippen molar-refractivity contribution in [1.82, 2.24) is 0 Å². The fourth-order valence-electron chi connectivity index (χ4n) is 1.43. The summed E-state index contributed by atoms with van der Waals surface area (Å²) < 4.78 is 45.4. The van der Waals surface area contributed by atoms with Crippen LogP contribution in [0.1, 0.15) is 10.6 Å². The van der Waals surface area contributed by atoms with Crippen molar-refractivity contribution >= 4 is 22.2 Å². The number of rotatable bonds is 3. The summed E-state index contributed by atoms with van der Waals surface area (Å²) in [6, 6.07) is 7.00. The second kappa shape index (κ2) is 5.08. The molecule has 0 N–H and O–H groups in total. The monoisotopic (exact) mass is 334 g/mol. The highest BCUT2D eigenvalue weighted by atomic mass is 79.9. The highest BCUT2D eigenvalue weighted by Crippen LogP contribution is 2.34. The lowest BCUT2D eigenvalue weighted by Gasteiger charge is -2.10. The van der Waals surface area contributed by atoms with Crippen molar-refractivity contribution in [2.45, 2.75) is 6.36 Å². The third-order valence-electron chi connectivity index (χ3n) is 2.19. The second-order valence-electron chi connectivity index (χ2n) is 3.51. The van der Waals surface area contributed by atoms with Crippen LogP contribution >= 0.6 is 15.9 Å². The Morgan fingerprint density at radius 3 is 2.47 bits per heavy atom. The zero-order valence-electron chi connectivity index (χ0n) is 9.20. The van der Waals surface area contributed by atoms with E-state index in [2.05, 4.69) is 20.7 Å². The number of alkyl halides is 3. The lowest BCUT2D eigenvalue weighted by Crippen LogP contribution is -2.17. The summed E-state index contributed by atoms with van der Waals surface area (Å²) in [6.45, 7) is 0. The molecule has 0 saturated carbocycles. The van der Waals surface area contributed by atoms with Gasteiger partial charge in [-0.05, 0) is 46.3 Å². The van der Waals surface area contributed by atoms with Crippen molar-refractivity contribution in [3.05, 3.63) is 40.6 Å². The number of ether oxygens (including phenoxy) is 1. The first kappa shape index (κ1) is 13.7. The highest BCUT2D eigenvalue weighted by Gasteiger charge is 2.32. The Hall–Kier alpha value is -1.76. The van der Waals surface area contributed by atoms with E-state index in [0.29, 0.717) is 17.6 Å². The van der Waals surface area contributed by atoms with E-state index in [1.807, 2.05) is 0 Å². The lowest BCUT2D eigenvalue weighted by atomic mass is 10.2. The molecule has 0 saturated heterocycles. The largest absolute Gasteiger partial charge is 0.573 e. The van der Waals surface area contributed by atoms with Crippen LogP contribution in [0.3, 0.4) is 0 Å². The Labute approximate surface area is 114 Å². The fraction of sp³-hybridized carbons (Fsp3) is 0.0833. The molecule has 0 amide bonds. The third-order valence-corrected chi connectivity index (χ3v) is 2.80. The topological polar surface area (TPSA) is 39.4 Å². The standard InChI is InChI=1S/C12H6BrF3O3/c13-9-5-7(10-4-2-8(6-17)18-10)1-3-11(9)19-12(14,15)16/h1-6H. The van der Waals surface area contributed by atoms with Gasteiger partial charge >= 0.3 is 6.36 Å². The molecule has 3 nitrogen and oxygen atoms in total. The van der Waals surface area contributed by atoms with Crippen molar-refractivity contribution in [2.75, 3.05) is 0 Å². The molecular weight excluding hydrogens is 329 g/mol. The van der Waals surface area contributed by atoms with Gasteiger partial charge < -0.3 is 9.15 Å². The maximum atomic E-state index is 12.1. The summed E-state index contributed by atoms with van der Waals surface area (Å²) in [5, 5.41) is 0. The molecule has 0 aliphatic carbocycles. The van der Waals surface area contributed by atoms with Crippen LogP contribution in [0.2, 0.25) is 0 Å². The first-order valence-corrected chi connectivity index (χ1v) is 5.79. The van der Waals surface area contributed by atoms with Gasteiger partial charge in [-0.3, -0.25) is 4.79 Å². The van der Waals surface area contributed by atoms with Crippen LogP contribution in [-0.2, 0) is 0 Å². The maximum Gasteiger partial charge on any atom is 0.573 e. The van der Waals surface area contributed by atoms with Crippen molar-refractivity contribution in [1.29, 1.82) is 0 Å². The van der Waals surface area contributed by atoms with Crippen LogP contribution < -0.4 is 4.74 Å². The summed E-state index contributed by atoms with van der Waals surface area (Å²) >= 11 is 2.98. The molecule has 1 aromatic heterocycles. The summed E-state index contributed by atoms with van der Waals surface area (Å²) in [4.78, 5) is 10.5. The summed E-state index contributed by atoms with van der Waals surface area (Å²) in [7, 11) is 0. The summed E-state index contributed by atoms with van der Waals surface area (Å²) in [5.74, 6) is 0.168. The Kier molecular flexibility index (Phi) is 3.66. The minimum absolute atomic E-state index is 0.131. The molecular formula is C12H6BrF3O3. The minimum Gasteiger partial charge on any atom is -0.453 e. The second-order valence-corrected chi connectivity index (χ2v) is 4.37. The van der Waals surface area contributed by atoms with Gasteiger partial charge in [0.15, 0.2) is 12.0 Å². The number of aldehydes is 1. The van der Waals surface area contributed by atoms with Gasteiger partial charge in [0, 0.05) is 5.56 Å². The van der Waals surface area contributed by atoms with E-state index < -0.39 is 6.36 Å². The van der Waals surface area contributed by atoms with Crippen LogP contribution in [0.25, 0.3) is 11.3 Å².